The summed E-state index contributed by atoms with van der Waals surface area (Å²) < 4.78 is 36.7. The van der Waals surface area contributed by atoms with Crippen LogP contribution in [0.2, 0.25) is 0 Å². The van der Waals surface area contributed by atoms with Crippen molar-refractivity contribution in [1.82, 2.24) is 4.98 Å². The van der Waals surface area contributed by atoms with Crippen LogP contribution in [-0.4, -0.2) is 10.9 Å². The molecule has 4 nitrogen and oxygen atoms in total. The van der Waals surface area contributed by atoms with Crippen LogP contribution in [0.3, 0.4) is 0 Å². The summed E-state index contributed by atoms with van der Waals surface area (Å²) in [7, 11) is 0. The van der Waals surface area contributed by atoms with Gasteiger partial charge in [0.1, 0.15) is 5.56 Å². The van der Waals surface area contributed by atoms with Gasteiger partial charge in [-0.2, -0.15) is 13.2 Å². The average molecular weight is 206 g/mol. The molecule has 0 saturated heterocycles. The molecule has 0 radical (unpaired) electrons. The van der Waals surface area contributed by atoms with Gasteiger partial charge < -0.3 is 10.7 Å². The first-order valence-corrected chi connectivity index (χ1v) is 3.42. The number of alkyl halides is 3. The Morgan fingerprint density at radius 1 is 1.43 bits per heavy atom. The van der Waals surface area contributed by atoms with E-state index in [1.807, 2.05) is 4.98 Å². The van der Waals surface area contributed by atoms with Gasteiger partial charge in [-0.15, -0.1) is 0 Å². The van der Waals surface area contributed by atoms with Gasteiger partial charge in [0, 0.05) is 6.20 Å². The molecule has 3 N–H and O–H groups in total. The van der Waals surface area contributed by atoms with E-state index in [2.05, 4.69) is 5.73 Å². The van der Waals surface area contributed by atoms with Gasteiger partial charge in [0.2, 0.25) is 0 Å². The molecule has 0 saturated carbocycles. The van der Waals surface area contributed by atoms with Gasteiger partial charge in [0.15, 0.2) is 0 Å². The second kappa shape index (κ2) is 3.17. The van der Waals surface area contributed by atoms with Gasteiger partial charge in [-0.05, 0) is 6.07 Å². The molecule has 1 heterocycles. The van der Waals surface area contributed by atoms with Gasteiger partial charge >= 0.3 is 6.18 Å². The molecule has 0 aliphatic rings. The van der Waals surface area contributed by atoms with Crippen molar-refractivity contribution < 1.29 is 18.0 Å². The molecule has 7 heteroatoms. The van der Waals surface area contributed by atoms with Crippen molar-refractivity contribution in [3.8, 4) is 0 Å². The number of primary amides is 1. The molecule has 1 aromatic rings. The van der Waals surface area contributed by atoms with E-state index in [1.54, 1.807) is 0 Å². The molecule has 0 aliphatic heterocycles. The first-order chi connectivity index (χ1) is 6.34. The number of amides is 1. The highest BCUT2D eigenvalue weighted by Gasteiger charge is 2.36. The molecule has 0 aromatic carbocycles. The maximum absolute atomic E-state index is 12.2. The Hall–Kier alpha value is -1.79. The second-order valence-electron chi connectivity index (χ2n) is 2.46. The lowest BCUT2D eigenvalue weighted by atomic mass is 10.1. The molecule has 1 aromatic heterocycles. The lowest BCUT2D eigenvalue weighted by Gasteiger charge is -2.08. The Morgan fingerprint density at radius 2 is 2.00 bits per heavy atom. The predicted molar refractivity (Wildman–Crippen MR) is 40.6 cm³/mol. The predicted octanol–water partition coefficient (Wildman–Crippen LogP) is 0.493. The molecule has 0 bridgehead atoms. The normalized spacial score (nSPS) is 11.4. The second-order valence-corrected chi connectivity index (χ2v) is 2.46. The van der Waals surface area contributed by atoms with Crippen molar-refractivity contribution in [1.29, 1.82) is 0 Å². The van der Waals surface area contributed by atoms with Crippen LogP contribution in [0.1, 0.15) is 15.9 Å². The quantitative estimate of drug-likeness (QED) is 0.701. The van der Waals surface area contributed by atoms with Crippen molar-refractivity contribution in [2.45, 2.75) is 6.18 Å². The number of rotatable bonds is 1. The number of halogens is 3. The van der Waals surface area contributed by atoms with Crippen LogP contribution in [-0.2, 0) is 6.18 Å². The Balaban J connectivity index is 3.52. The molecule has 0 aliphatic carbocycles. The van der Waals surface area contributed by atoms with E-state index in [9.17, 15) is 22.8 Å². The van der Waals surface area contributed by atoms with Crippen LogP contribution in [0, 0.1) is 0 Å². The van der Waals surface area contributed by atoms with E-state index in [0.29, 0.717) is 6.07 Å². The summed E-state index contributed by atoms with van der Waals surface area (Å²) in [6.07, 6.45) is -3.96. The number of nitrogens with one attached hydrogen (secondary N) is 1. The van der Waals surface area contributed by atoms with Crippen LogP contribution in [0.5, 0.6) is 0 Å². The Morgan fingerprint density at radius 3 is 2.36 bits per heavy atom. The number of hydrogen-bond donors (Lipinski definition) is 2. The molecule has 76 valence electrons. The molecule has 0 spiro atoms. The number of aromatic nitrogens is 1. The maximum atomic E-state index is 12.2. The van der Waals surface area contributed by atoms with Crippen molar-refractivity contribution in [3.05, 3.63) is 33.7 Å². The third-order valence-corrected chi connectivity index (χ3v) is 1.51. The average Bonchev–Trinajstić information content (AvgIpc) is 2.01. The lowest BCUT2D eigenvalue weighted by Crippen LogP contribution is -2.28. The minimum Gasteiger partial charge on any atom is -0.365 e. The number of nitrogens with two attached hydrogens (primary N) is 1. The minimum atomic E-state index is -4.77. The topological polar surface area (TPSA) is 76.0 Å². The Kier molecular flexibility index (Phi) is 2.33. The maximum Gasteiger partial charge on any atom is 0.417 e. The van der Waals surface area contributed by atoms with Crippen LogP contribution in [0.4, 0.5) is 13.2 Å². The van der Waals surface area contributed by atoms with Gasteiger partial charge in [0.25, 0.3) is 11.5 Å². The van der Waals surface area contributed by atoms with E-state index in [1.165, 1.54) is 0 Å². The van der Waals surface area contributed by atoms with Crippen molar-refractivity contribution in [2.24, 2.45) is 5.73 Å². The van der Waals surface area contributed by atoms with Crippen LogP contribution >= 0.6 is 0 Å². The van der Waals surface area contributed by atoms with Gasteiger partial charge in [-0.3, -0.25) is 9.59 Å². The smallest absolute Gasteiger partial charge is 0.365 e. The van der Waals surface area contributed by atoms with E-state index < -0.39 is 28.8 Å². The Labute approximate surface area is 75.5 Å². The van der Waals surface area contributed by atoms with E-state index in [-0.39, 0.29) is 0 Å². The zero-order chi connectivity index (χ0) is 10.9. The molecular weight excluding hydrogens is 201 g/mol. The largest absolute Gasteiger partial charge is 0.417 e. The number of carbonyl (C=O) groups is 1. The highest BCUT2D eigenvalue weighted by atomic mass is 19.4. The molecule has 1 rings (SSSR count). The standard InChI is InChI=1S/C7H5F3N2O2/c8-7(9,10)3-1-2-12-6(14)4(3)5(11)13/h1-2H,(H2,11,13)(H,12,14). The number of carbonyl (C=O) groups excluding carboxylic acids is 1. The first-order valence-electron chi connectivity index (χ1n) is 3.42. The SMILES string of the molecule is NC(=O)c1c(C(F)(F)F)cc[nH]c1=O. The number of hydrogen-bond acceptors (Lipinski definition) is 2. The summed E-state index contributed by atoms with van der Waals surface area (Å²) in [5.74, 6) is -1.40. The van der Waals surface area contributed by atoms with E-state index in [4.69, 9.17) is 0 Å². The third kappa shape index (κ3) is 1.76. The number of aromatic amines is 1. The summed E-state index contributed by atoms with van der Waals surface area (Å²) >= 11 is 0. The van der Waals surface area contributed by atoms with Gasteiger partial charge in [-0.1, -0.05) is 0 Å². The fourth-order valence-electron chi connectivity index (χ4n) is 0.959. The summed E-state index contributed by atoms with van der Waals surface area (Å²) in [5, 5.41) is 0. The molecule has 0 unspecified atom stereocenters. The van der Waals surface area contributed by atoms with Crippen LogP contribution in [0.15, 0.2) is 17.1 Å². The molecule has 14 heavy (non-hydrogen) atoms. The highest BCUT2D eigenvalue weighted by Crippen LogP contribution is 2.29. The van der Waals surface area contributed by atoms with Gasteiger partial charge in [0.05, 0.1) is 5.56 Å². The molecule has 0 fully saturated rings. The summed E-state index contributed by atoms with van der Waals surface area (Å²) in [6.45, 7) is 0. The monoisotopic (exact) mass is 206 g/mol. The highest BCUT2D eigenvalue weighted by molar-refractivity contribution is 5.94. The Bertz CT molecular complexity index is 422. The summed E-state index contributed by atoms with van der Waals surface area (Å²) in [5.41, 5.74) is 1.11. The lowest BCUT2D eigenvalue weighted by molar-refractivity contribution is -0.138. The fraction of sp³-hybridized carbons (Fsp3) is 0.143. The van der Waals surface area contributed by atoms with Crippen molar-refractivity contribution >= 4 is 5.91 Å². The van der Waals surface area contributed by atoms with Crippen molar-refractivity contribution in [3.63, 3.8) is 0 Å². The first kappa shape index (κ1) is 10.3. The molecule has 1 amide bonds. The zero-order valence-corrected chi connectivity index (χ0v) is 6.68. The third-order valence-electron chi connectivity index (χ3n) is 1.51. The molecule has 0 atom stereocenters. The van der Waals surface area contributed by atoms with Crippen molar-refractivity contribution in [2.75, 3.05) is 0 Å². The van der Waals surface area contributed by atoms with Crippen LogP contribution < -0.4 is 11.3 Å². The number of H-pyrrole nitrogens is 1. The van der Waals surface area contributed by atoms with Crippen LogP contribution in [0.25, 0.3) is 0 Å². The minimum absolute atomic E-state index is 0.585. The number of pyridine rings is 1. The summed E-state index contributed by atoms with van der Waals surface area (Å²) in [4.78, 5) is 23.4. The zero-order valence-electron chi connectivity index (χ0n) is 6.68. The van der Waals surface area contributed by atoms with E-state index in [0.717, 1.165) is 6.20 Å². The van der Waals surface area contributed by atoms with Gasteiger partial charge in [-0.25, -0.2) is 0 Å². The summed E-state index contributed by atoms with van der Waals surface area (Å²) in [6, 6.07) is 0.585. The molecular formula is C7H5F3N2O2. The fourth-order valence-corrected chi connectivity index (χ4v) is 0.959. The van der Waals surface area contributed by atoms with E-state index >= 15 is 0 Å².